The Morgan fingerprint density at radius 3 is 2.46 bits per heavy atom. The lowest BCUT2D eigenvalue weighted by molar-refractivity contribution is 0.0690. The molecule has 0 saturated heterocycles. The zero-order valence-corrected chi connectivity index (χ0v) is 16.6. The van der Waals surface area contributed by atoms with E-state index in [1.165, 1.54) is 19.2 Å². The Labute approximate surface area is 164 Å². The molecule has 0 radical (unpaired) electrons. The molecule has 1 aromatic carbocycles. The Balaban J connectivity index is 3.29. The number of methoxy groups -OCH3 is 1. The Morgan fingerprint density at radius 2 is 2.00 bits per heavy atom. The molecule has 148 valence electrons. The number of hydrogen-bond donors (Lipinski definition) is 4. The summed E-state index contributed by atoms with van der Waals surface area (Å²) in [6.07, 6.45) is 6.80. The highest BCUT2D eigenvalue weighted by Gasteiger charge is 2.22. The summed E-state index contributed by atoms with van der Waals surface area (Å²) in [5.74, 6) is -1.71. The molecule has 0 aromatic heterocycles. The van der Waals surface area contributed by atoms with E-state index in [1.807, 2.05) is 6.92 Å². The third kappa shape index (κ3) is 5.24. The molecule has 1 rings (SSSR count). The summed E-state index contributed by atoms with van der Waals surface area (Å²) in [6.45, 7) is 7.08. The normalized spacial score (nSPS) is 12.6. The Kier molecular flexibility index (Phi) is 7.57. The molecule has 0 heterocycles. The second kappa shape index (κ2) is 9.42. The van der Waals surface area contributed by atoms with E-state index in [9.17, 15) is 20.3 Å². The van der Waals surface area contributed by atoms with E-state index in [2.05, 4.69) is 11.4 Å². The summed E-state index contributed by atoms with van der Waals surface area (Å²) in [6, 6.07) is 4.96. The molecule has 1 aromatic rings. The second-order valence-electron chi connectivity index (χ2n) is 6.46. The second-order valence-corrected chi connectivity index (χ2v) is 6.46. The molecule has 7 nitrogen and oxygen atoms in total. The van der Waals surface area contributed by atoms with E-state index in [4.69, 9.17) is 10.1 Å². The fourth-order valence-corrected chi connectivity index (χ4v) is 2.46. The number of allylic oxidation sites excluding steroid dienone is 4. The van der Waals surface area contributed by atoms with Crippen molar-refractivity contribution in [2.24, 2.45) is 5.41 Å². The third-order valence-electron chi connectivity index (χ3n) is 4.03. The first-order valence-corrected chi connectivity index (χ1v) is 8.53. The summed E-state index contributed by atoms with van der Waals surface area (Å²) < 4.78 is 5.08. The van der Waals surface area contributed by atoms with E-state index in [-0.39, 0.29) is 17.1 Å². The van der Waals surface area contributed by atoms with Crippen LogP contribution in [0.15, 0.2) is 42.0 Å². The summed E-state index contributed by atoms with van der Waals surface area (Å²) >= 11 is 0. The van der Waals surface area contributed by atoms with Crippen LogP contribution in [-0.2, 0) is 0 Å². The number of carboxylic acid groups (broad SMARTS) is 1. The van der Waals surface area contributed by atoms with Crippen LogP contribution in [0.2, 0.25) is 0 Å². The SMILES string of the molecule is C/C=C\C(=C/C(=N)N/C(=C\C)c1cc(O)c(C(=O)O)c(OC)c1)C(C)(C)C#N. The first-order chi connectivity index (χ1) is 13.1. The van der Waals surface area contributed by atoms with Gasteiger partial charge in [-0.1, -0.05) is 18.2 Å². The van der Waals surface area contributed by atoms with Crippen LogP contribution in [0.3, 0.4) is 0 Å². The van der Waals surface area contributed by atoms with Crippen LogP contribution >= 0.6 is 0 Å². The van der Waals surface area contributed by atoms with Crippen LogP contribution in [0.4, 0.5) is 0 Å². The molecule has 4 N–H and O–H groups in total. The Bertz CT molecular complexity index is 903. The van der Waals surface area contributed by atoms with Crippen molar-refractivity contribution in [3.63, 3.8) is 0 Å². The lowest BCUT2D eigenvalue weighted by Crippen LogP contribution is -2.21. The smallest absolute Gasteiger partial charge is 0.343 e. The average Bonchev–Trinajstić information content (AvgIpc) is 2.64. The number of aromatic hydroxyl groups is 1. The number of benzene rings is 1. The number of nitrogens with zero attached hydrogens (tertiary/aromatic N) is 1. The van der Waals surface area contributed by atoms with Gasteiger partial charge in [0.2, 0.25) is 0 Å². The lowest BCUT2D eigenvalue weighted by atomic mass is 9.85. The van der Waals surface area contributed by atoms with Gasteiger partial charge < -0.3 is 20.3 Å². The van der Waals surface area contributed by atoms with Gasteiger partial charge in [0.15, 0.2) is 0 Å². The van der Waals surface area contributed by atoms with Crippen molar-refractivity contribution in [2.75, 3.05) is 7.11 Å². The maximum absolute atomic E-state index is 11.3. The molecule has 7 heteroatoms. The van der Waals surface area contributed by atoms with Crippen molar-refractivity contribution in [3.05, 3.63) is 53.1 Å². The summed E-state index contributed by atoms with van der Waals surface area (Å²) in [5, 5.41) is 39.8. The van der Waals surface area contributed by atoms with Crippen LogP contribution < -0.4 is 10.1 Å². The predicted octanol–water partition coefficient (Wildman–Crippen LogP) is 4.08. The van der Waals surface area contributed by atoms with Crippen LogP contribution in [0.5, 0.6) is 11.5 Å². The standard InChI is InChI=1S/C21H25N3O4/c1-6-8-14(21(3,4)12-22)11-18(23)24-15(7-2)13-9-16(25)19(20(26)27)17(10-13)28-5/h6-11,25H,1-5H3,(H2,23,24)(H,26,27)/b8-6-,14-11+,15-7-. The average molecular weight is 383 g/mol. The fourth-order valence-electron chi connectivity index (χ4n) is 2.46. The van der Waals surface area contributed by atoms with Gasteiger partial charge in [-0.2, -0.15) is 5.26 Å². The Hall–Kier alpha value is -3.53. The minimum atomic E-state index is -1.30. The molecule has 0 aliphatic heterocycles. The van der Waals surface area contributed by atoms with E-state index in [0.717, 1.165) is 0 Å². The van der Waals surface area contributed by atoms with Crippen molar-refractivity contribution in [1.29, 1.82) is 10.7 Å². The monoisotopic (exact) mass is 383 g/mol. The van der Waals surface area contributed by atoms with Gasteiger partial charge in [-0.05, 0) is 51.5 Å². The van der Waals surface area contributed by atoms with Crippen LogP contribution in [0.1, 0.15) is 43.6 Å². The molecule has 0 fully saturated rings. The zero-order valence-electron chi connectivity index (χ0n) is 16.6. The zero-order chi connectivity index (χ0) is 21.5. The van der Waals surface area contributed by atoms with Crippen LogP contribution in [0.25, 0.3) is 5.70 Å². The van der Waals surface area contributed by atoms with E-state index in [0.29, 0.717) is 16.8 Å². The quantitative estimate of drug-likeness (QED) is 0.319. The molecule has 0 bridgehead atoms. The highest BCUT2D eigenvalue weighted by Crippen LogP contribution is 2.32. The minimum absolute atomic E-state index is 0.00550. The van der Waals surface area contributed by atoms with Gasteiger partial charge in [0.05, 0.1) is 18.6 Å². The summed E-state index contributed by atoms with van der Waals surface area (Å²) in [7, 11) is 1.31. The number of carbonyl (C=O) groups is 1. The fraction of sp³-hybridized carbons (Fsp3) is 0.286. The topological polar surface area (TPSA) is 126 Å². The van der Waals surface area contributed by atoms with Gasteiger partial charge in [0.1, 0.15) is 22.9 Å². The lowest BCUT2D eigenvalue weighted by Gasteiger charge is -2.18. The summed E-state index contributed by atoms with van der Waals surface area (Å²) in [5.41, 5.74) is 0.477. The number of nitriles is 1. The van der Waals surface area contributed by atoms with Crippen molar-refractivity contribution in [1.82, 2.24) is 5.32 Å². The molecule has 0 aliphatic rings. The van der Waals surface area contributed by atoms with Crippen molar-refractivity contribution >= 4 is 17.5 Å². The van der Waals surface area contributed by atoms with E-state index < -0.39 is 17.1 Å². The van der Waals surface area contributed by atoms with Gasteiger partial charge in [-0.3, -0.25) is 5.41 Å². The first-order valence-electron chi connectivity index (χ1n) is 8.53. The molecule has 0 atom stereocenters. The molecule has 0 amide bonds. The van der Waals surface area contributed by atoms with Gasteiger partial charge in [0.25, 0.3) is 0 Å². The third-order valence-corrected chi connectivity index (χ3v) is 4.03. The van der Waals surface area contributed by atoms with E-state index in [1.54, 1.807) is 45.1 Å². The predicted molar refractivity (Wildman–Crippen MR) is 108 cm³/mol. The number of rotatable bonds is 7. The number of aromatic carboxylic acids is 1. The Morgan fingerprint density at radius 1 is 1.36 bits per heavy atom. The molecule has 0 aliphatic carbocycles. The maximum atomic E-state index is 11.3. The van der Waals surface area contributed by atoms with Gasteiger partial charge in [-0.15, -0.1) is 0 Å². The van der Waals surface area contributed by atoms with E-state index >= 15 is 0 Å². The highest BCUT2D eigenvalue weighted by molar-refractivity contribution is 5.99. The molecule has 28 heavy (non-hydrogen) atoms. The van der Waals surface area contributed by atoms with Gasteiger partial charge in [-0.25, -0.2) is 4.79 Å². The number of nitrogens with one attached hydrogen (secondary N) is 2. The first kappa shape index (κ1) is 22.5. The van der Waals surface area contributed by atoms with Crippen molar-refractivity contribution in [2.45, 2.75) is 27.7 Å². The number of phenols is 1. The molecule has 0 saturated carbocycles. The molecule has 0 spiro atoms. The van der Waals surface area contributed by atoms with Crippen molar-refractivity contribution < 1.29 is 19.7 Å². The largest absolute Gasteiger partial charge is 0.507 e. The molecular formula is C21H25N3O4. The number of hydrogen-bond acceptors (Lipinski definition) is 5. The summed E-state index contributed by atoms with van der Waals surface area (Å²) in [4.78, 5) is 11.3. The van der Waals surface area contributed by atoms with Crippen molar-refractivity contribution in [3.8, 4) is 17.6 Å². The van der Waals surface area contributed by atoms with Crippen LogP contribution in [-0.4, -0.2) is 29.1 Å². The number of carboxylic acids is 1. The van der Waals surface area contributed by atoms with Gasteiger partial charge >= 0.3 is 5.97 Å². The molecular weight excluding hydrogens is 358 g/mol. The number of ether oxygens (including phenoxy) is 1. The minimum Gasteiger partial charge on any atom is -0.507 e. The van der Waals surface area contributed by atoms with Crippen LogP contribution in [0, 0.1) is 22.2 Å². The maximum Gasteiger partial charge on any atom is 0.343 e. The van der Waals surface area contributed by atoms with Gasteiger partial charge in [0, 0.05) is 11.3 Å². The molecule has 0 unspecified atom stereocenters. The highest BCUT2D eigenvalue weighted by atomic mass is 16.5. The number of amidine groups is 1.